The molecule has 16 heavy (non-hydrogen) atoms. The van der Waals surface area contributed by atoms with Gasteiger partial charge >= 0.3 is 0 Å². The molecule has 0 N–H and O–H groups in total. The number of nitrogens with zero attached hydrogens (tertiary/aromatic N) is 1. The maximum Gasteiger partial charge on any atom is 0.209 e. The number of rotatable bonds is 4. The average Bonchev–Trinajstić information content (AvgIpc) is 2.38. The van der Waals surface area contributed by atoms with Crippen LogP contribution >= 0.6 is 0 Å². The second kappa shape index (κ2) is 6.24. The minimum absolute atomic E-state index is 0.292. The Bertz CT molecular complexity index is 214. The van der Waals surface area contributed by atoms with E-state index in [0.29, 0.717) is 6.10 Å². The molecule has 2 fully saturated rings. The number of hydrogen-bond acceptors (Lipinski definition) is 2. The molecule has 1 atom stereocenters. The smallest absolute Gasteiger partial charge is 0.209 e. The zero-order chi connectivity index (χ0) is 11.2. The highest BCUT2D eigenvalue weighted by atomic mass is 16.5. The molecule has 1 unspecified atom stereocenters. The molecular weight excluding hydrogens is 202 g/mol. The van der Waals surface area contributed by atoms with E-state index in [2.05, 4.69) is 0 Å². The highest BCUT2D eigenvalue weighted by Crippen LogP contribution is 2.24. The second-order valence-electron chi connectivity index (χ2n) is 5.20. The van der Waals surface area contributed by atoms with E-state index in [0.717, 1.165) is 44.9 Å². The molecule has 1 aliphatic heterocycles. The molecule has 2 aliphatic rings. The zero-order valence-electron chi connectivity index (χ0n) is 10.1. The van der Waals surface area contributed by atoms with E-state index in [1.54, 1.807) is 0 Å². The van der Waals surface area contributed by atoms with Crippen molar-refractivity contribution in [2.75, 3.05) is 19.7 Å². The molecule has 3 nitrogen and oxygen atoms in total. The lowest BCUT2D eigenvalue weighted by Crippen LogP contribution is -2.39. The van der Waals surface area contributed by atoms with Gasteiger partial charge in [0.25, 0.3) is 0 Å². The standard InChI is InChI=1S/C13H23NO2/c15-11-14-8-4-7-13(9-14)16-10-12-5-2-1-3-6-12/h11-13H,1-10H2. The van der Waals surface area contributed by atoms with E-state index in [1.807, 2.05) is 4.90 Å². The first-order valence-electron chi connectivity index (χ1n) is 6.69. The van der Waals surface area contributed by atoms with Gasteiger partial charge < -0.3 is 9.64 Å². The van der Waals surface area contributed by atoms with Crippen LogP contribution in [0.5, 0.6) is 0 Å². The summed E-state index contributed by atoms with van der Waals surface area (Å²) in [6, 6.07) is 0. The van der Waals surface area contributed by atoms with E-state index in [1.165, 1.54) is 32.1 Å². The largest absolute Gasteiger partial charge is 0.376 e. The molecule has 1 heterocycles. The van der Waals surface area contributed by atoms with Crippen molar-refractivity contribution in [1.29, 1.82) is 0 Å². The topological polar surface area (TPSA) is 29.5 Å². The summed E-state index contributed by atoms with van der Waals surface area (Å²) in [5.41, 5.74) is 0. The molecule has 0 aromatic rings. The lowest BCUT2D eigenvalue weighted by atomic mass is 9.90. The van der Waals surface area contributed by atoms with Crippen molar-refractivity contribution in [1.82, 2.24) is 4.90 Å². The van der Waals surface area contributed by atoms with Crippen molar-refractivity contribution in [2.45, 2.75) is 51.0 Å². The van der Waals surface area contributed by atoms with E-state index >= 15 is 0 Å². The average molecular weight is 225 g/mol. The van der Waals surface area contributed by atoms with Gasteiger partial charge in [0.15, 0.2) is 0 Å². The van der Waals surface area contributed by atoms with E-state index < -0.39 is 0 Å². The molecule has 0 spiro atoms. The summed E-state index contributed by atoms with van der Waals surface area (Å²) in [5.74, 6) is 0.778. The minimum Gasteiger partial charge on any atom is -0.376 e. The zero-order valence-corrected chi connectivity index (χ0v) is 10.1. The Hall–Kier alpha value is -0.570. The summed E-state index contributed by atoms with van der Waals surface area (Å²) in [7, 11) is 0. The van der Waals surface area contributed by atoms with Gasteiger partial charge in [-0.2, -0.15) is 0 Å². The minimum atomic E-state index is 0.292. The van der Waals surface area contributed by atoms with E-state index in [9.17, 15) is 4.79 Å². The molecule has 3 heteroatoms. The Morgan fingerprint density at radius 1 is 1.12 bits per heavy atom. The van der Waals surface area contributed by atoms with Crippen LogP contribution in [0, 0.1) is 5.92 Å². The van der Waals surface area contributed by atoms with Crippen molar-refractivity contribution in [3.05, 3.63) is 0 Å². The number of carbonyl (C=O) groups excluding carboxylic acids is 1. The fourth-order valence-corrected chi connectivity index (χ4v) is 2.82. The Labute approximate surface area is 98.1 Å². The molecule has 92 valence electrons. The Morgan fingerprint density at radius 2 is 1.94 bits per heavy atom. The van der Waals surface area contributed by atoms with Gasteiger partial charge in [-0.3, -0.25) is 4.79 Å². The molecule has 1 amide bonds. The number of carbonyl (C=O) groups is 1. The van der Waals surface area contributed by atoms with Crippen LogP contribution in [-0.4, -0.2) is 37.1 Å². The summed E-state index contributed by atoms with van der Waals surface area (Å²) in [6.07, 6.45) is 10.3. The Morgan fingerprint density at radius 3 is 2.69 bits per heavy atom. The van der Waals surface area contributed by atoms with Gasteiger partial charge in [-0.1, -0.05) is 19.3 Å². The van der Waals surface area contributed by atoms with Crippen LogP contribution in [-0.2, 0) is 9.53 Å². The predicted molar refractivity (Wildman–Crippen MR) is 63.2 cm³/mol. The van der Waals surface area contributed by atoms with Gasteiger partial charge in [0.1, 0.15) is 0 Å². The van der Waals surface area contributed by atoms with Crippen LogP contribution in [0.25, 0.3) is 0 Å². The Balaban J connectivity index is 1.66. The molecule has 2 rings (SSSR count). The fourth-order valence-electron chi connectivity index (χ4n) is 2.82. The number of ether oxygens (including phenoxy) is 1. The molecule has 0 aromatic heterocycles. The highest BCUT2D eigenvalue weighted by Gasteiger charge is 2.21. The normalized spacial score (nSPS) is 28.0. The number of hydrogen-bond donors (Lipinski definition) is 0. The molecule has 0 aromatic carbocycles. The van der Waals surface area contributed by atoms with Crippen LogP contribution in [0.4, 0.5) is 0 Å². The van der Waals surface area contributed by atoms with E-state index in [4.69, 9.17) is 4.74 Å². The number of amides is 1. The number of likely N-dealkylation sites (tertiary alicyclic amines) is 1. The van der Waals surface area contributed by atoms with Crippen molar-refractivity contribution < 1.29 is 9.53 Å². The Kier molecular flexibility index (Phi) is 4.64. The molecule has 1 saturated carbocycles. The summed E-state index contributed by atoms with van der Waals surface area (Å²) in [5, 5.41) is 0. The summed E-state index contributed by atoms with van der Waals surface area (Å²) in [6.45, 7) is 2.63. The monoisotopic (exact) mass is 225 g/mol. The predicted octanol–water partition coefficient (Wildman–Crippen LogP) is 2.20. The van der Waals surface area contributed by atoms with Gasteiger partial charge in [-0.05, 0) is 31.6 Å². The third kappa shape index (κ3) is 3.48. The first-order chi connectivity index (χ1) is 7.88. The van der Waals surface area contributed by atoms with Crippen molar-refractivity contribution in [3.63, 3.8) is 0 Å². The van der Waals surface area contributed by atoms with Crippen molar-refractivity contribution in [2.24, 2.45) is 5.92 Å². The van der Waals surface area contributed by atoms with Gasteiger partial charge in [-0.15, -0.1) is 0 Å². The molecule has 0 radical (unpaired) electrons. The highest BCUT2D eigenvalue weighted by molar-refractivity contribution is 5.47. The van der Waals surface area contributed by atoms with Crippen LogP contribution in [0.15, 0.2) is 0 Å². The maximum atomic E-state index is 10.7. The van der Waals surface area contributed by atoms with Crippen molar-refractivity contribution in [3.8, 4) is 0 Å². The summed E-state index contributed by atoms with van der Waals surface area (Å²) < 4.78 is 5.95. The molecular formula is C13H23NO2. The molecule has 0 bridgehead atoms. The SMILES string of the molecule is O=CN1CCCC(OCC2CCCCC2)C1. The fraction of sp³-hybridized carbons (Fsp3) is 0.923. The van der Waals surface area contributed by atoms with Crippen LogP contribution in [0.2, 0.25) is 0 Å². The van der Waals surface area contributed by atoms with Crippen molar-refractivity contribution >= 4 is 6.41 Å². The third-order valence-corrected chi connectivity index (χ3v) is 3.85. The quantitative estimate of drug-likeness (QED) is 0.686. The van der Waals surface area contributed by atoms with Gasteiger partial charge in [0.05, 0.1) is 6.10 Å². The van der Waals surface area contributed by atoms with Crippen LogP contribution in [0.3, 0.4) is 0 Å². The van der Waals surface area contributed by atoms with E-state index in [-0.39, 0.29) is 0 Å². The summed E-state index contributed by atoms with van der Waals surface area (Å²) in [4.78, 5) is 12.5. The van der Waals surface area contributed by atoms with Gasteiger partial charge in [0, 0.05) is 19.7 Å². The molecule has 1 aliphatic carbocycles. The maximum absolute atomic E-state index is 10.7. The lowest BCUT2D eigenvalue weighted by Gasteiger charge is -2.31. The van der Waals surface area contributed by atoms with Crippen LogP contribution in [0.1, 0.15) is 44.9 Å². The first-order valence-corrected chi connectivity index (χ1v) is 6.69. The first kappa shape index (κ1) is 11.9. The lowest BCUT2D eigenvalue weighted by molar-refractivity contribution is -0.122. The molecule has 1 saturated heterocycles. The van der Waals surface area contributed by atoms with Gasteiger partial charge in [0.2, 0.25) is 6.41 Å². The summed E-state index contributed by atoms with van der Waals surface area (Å²) >= 11 is 0. The second-order valence-corrected chi connectivity index (χ2v) is 5.20. The third-order valence-electron chi connectivity index (χ3n) is 3.85. The number of piperidine rings is 1. The van der Waals surface area contributed by atoms with Gasteiger partial charge in [-0.25, -0.2) is 0 Å². The van der Waals surface area contributed by atoms with Crippen LogP contribution < -0.4 is 0 Å².